The van der Waals surface area contributed by atoms with Crippen molar-refractivity contribution < 1.29 is 0 Å². The summed E-state index contributed by atoms with van der Waals surface area (Å²) in [4.78, 5) is 2.47. The Labute approximate surface area is 71.2 Å². The van der Waals surface area contributed by atoms with Gasteiger partial charge in [0.1, 0.15) is 0 Å². The number of hydrogen-bond donors (Lipinski definition) is 0. The van der Waals surface area contributed by atoms with Crippen LogP contribution in [0, 0.1) is 0 Å². The van der Waals surface area contributed by atoms with Gasteiger partial charge in [0.25, 0.3) is 0 Å². The van der Waals surface area contributed by atoms with E-state index in [0.29, 0.717) is 0 Å². The lowest BCUT2D eigenvalue weighted by molar-refractivity contribution is 0.307. The summed E-state index contributed by atoms with van der Waals surface area (Å²) in [6.07, 6.45) is 3.58. The highest BCUT2D eigenvalue weighted by Crippen LogP contribution is 2.10. The van der Waals surface area contributed by atoms with Crippen LogP contribution in [0.1, 0.15) is 13.3 Å². The molecule has 0 aliphatic carbocycles. The van der Waals surface area contributed by atoms with Crippen LogP contribution >= 0.6 is 15.9 Å². The predicted molar refractivity (Wildman–Crippen MR) is 48.6 cm³/mol. The fourth-order valence-corrected chi connectivity index (χ4v) is 1.66. The zero-order valence-electron chi connectivity index (χ0n) is 6.44. The van der Waals surface area contributed by atoms with Gasteiger partial charge in [-0.25, -0.2) is 0 Å². The van der Waals surface area contributed by atoms with Gasteiger partial charge in [-0.3, -0.25) is 4.90 Å². The topological polar surface area (TPSA) is 3.24 Å². The molecule has 0 radical (unpaired) electrons. The Bertz CT molecular complexity index is 131. The Balaban J connectivity index is 2.40. The summed E-state index contributed by atoms with van der Waals surface area (Å²) >= 11 is 3.47. The third kappa shape index (κ3) is 2.10. The lowest BCUT2D eigenvalue weighted by atomic mass is 10.1. The van der Waals surface area contributed by atoms with E-state index in [9.17, 15) is 0 Å². The van der Waals surface area contributed by atoms with Gasteiger partial charge in [-0.1, -0.05) is 28.9 Å². The molecule has 0 amide bonds. The van der Waals surface area contributed by atoms with E-state index >= 15 is 0 Å². The molecule has 0 saturated heterocycles. The molecular weight excluding hydrogens is 190 g/mol. The minimum Gasteiger partial charge on any atom is -0.299 e. The van der Waals surface area contributed by atoms with Gasteiger partial charge in [0.2, 0.25) is 0 Å². The van der Waals surface area contributed by atoms with Crippen LogP contribution in [-0.4, -0.2) is 29.9 Å². The summed E-state index contributed by atoms with van der Waals surface area (Å²) in [6.45, 7) is 5.82. The molecule has 2 heteroatoms. The maximum atomic E-state index is 3.47. The van der Waals surface area contributed by atoms with Gasteiger partial charge in [0.15, 0.2) is 0 Å². The Kier molecular flexibility index (Phi) is 3.43. The number of alkyl halides is 1. The fraction of sp³-hybridized carbons (Fsp3) is 0.750. The number of hydrogen-bond acceptors (Lipinski definition) is 1. The molecule has 0 saturated carbocycles. The smallest absolute Gasteiger partial charge is 0.0254 e. The van der Waals surface area contributed by atoms with Gasteiger partial charge < -0.3 is 0 Å². The summed E-state index contributed by atoms with van der Waals surface area (Å²) in [7, 11) is 0. The molecule has 0 atom stereocenters. The van der Waals surface area contributed by atoms with E-state index in [1.807, 2.05) is 0 Å². The van der Waals surface area contributed by atoms with Crippen molar-refractivity contribution >= 4 is 15.9 Å². The molecule has 0 aromatic carbocycles. The van der Waals surface area contributed by atoms with Crippen LogP contribution in [0.2, 0.25) is 0 Å². The van der Waals surface area contributed by atoms with Gasteiger partial charge in [-0.15, -0.1) is 0 Å². The summed E-state index contributed by atoms with van der Waals surface area (Å²) < 4.78 is 0. The number of rotatable bonds is 2. The van der Waals surface area contributed by atoms with Gasteiger partial charge in [0, 0.05) is 18.4 Å². The molecule has 0 fully saturated rings. The SMILES string of the molecule is CCN1CCC=C(CBr)C1. The van der Waals surface area contributed by atoms with E-state index < -0.39 is 0 Å². The van der Waals surface area contributed by atoms with Crippen molar-refractivity contribution in [3.63, 3.8) is 0 Å². The first kappa shape index (κ1) is 8.28. The van der Waals surface area contributed by atoms with Crippen molar-refractivity contribution in [1.29, 1.82) is 0 Å². The van der Waals surface area contributed by atoms with Crippen LogP contribution in [0.5, 0.6) is 0 Å². The lowest BCUT2D eigenvalue weighted by Gasteiger charge is -2.24. The van der Waals surface area contributed by atoms with Crippen molar-refractivity contribution in [2.45, 2.75) is 13.3 Å². The highest BCUT2D eigenvalue weighted by atomic mass is 79.9. The average molecular weight is 204 g/mol. The fourth-order valence-electron chi connectivity index (χ4n) is 1.25. The minimum absolute atomic E-state index is 1.05. The largest absolute Gasteiger partial charge is 0.299 e. The molecule has 0 spiro atoms. The molecular formula is C8H14BrN. The Morgan fingerprint density at radius 3 is 3.10 bits per heavy atom. The predicted octanol–water partition coefficient (Wildman–Crippen LogP) is 2.03. The molecule has 1 aliphatic heterocycles. The van der Waals surface area contributed by atoms with Gasteiger partial charge in [0.05, 0.1) is 0 Å². The average Bonchev–Trinajstić information content (AvgIpc) is 2.05. The molecule has 1 nitrogen and oxygen atoms in total. The van der Waals surface area contributed by atoms with Crippen molar-refractivity contribution in [2.24, 2.45) is 0 Å². The Morgan fingerprint density at radius 1 is 1.70 bits per heavy atom. The minimum atomic E-state index is 1.05. The lowest BCUT2D eigenvalue weighted by Crippen LogP contribution is -2.29. The second-order valence-electron chi connectivity index (χ2n) is 2.65. The molecule has 1 heterocycles. The van der Waals surface area contributed by atoms with E-state index in [2.05, 4.69) is 33.8 Å². The van der Waals surface area contributed by atoms with Crippen molar-refractivity contribution in [2.75, 3.05) is 25.0 Å². The zero-order chi connectivity index (χ0) is 7.40. The molecule has 1 rings (SSSR count). The molecule has 0 bridgehead atoms. The van der Waals surface area contributed by atoms with E-state index in [4.69, 9.17) is 0 Å². The molecule has 58 valence electrons. The van der Waals surface area contributed by atoms with Crippen molar-refractivity contribution in [1.82, 2.24) is 4.90 Å². The summed E-state index contributed by atoms with van der Waals surface area (Å²) in [5.74, 6) is 0. The third-order valence-corrected chi connectivity index (χ3v) is 2.64. The van der Waals surface area contributed by atoms with Crippen molar-refractivity contribution in [3.05, 3.63) is 11.6 Å². The van der Waals surface area contributed by atoms with Gasteiger partial charge >= 0.3 is 0 Å². The second kappa shape index (κ2) is 4.14. The molecule has 1 aliphatic rings. The van der Waals surface area contributed by atoms with Crippen LogP contribution in [0.15, 0.2) is 11.6 Å². The summed E-state index contributed by atoms with van der Waals surface area (Å²) in [6, 6.07) is 0. The maximum Gasteiger partial charge on any atom is 0.0254 e. The molecule has 0 aromatic heterocycles. The number of likely N-dealkylation sites (N-methyl/N-ethyl adjacent to an activating group) is 1. The quantitative estimate of drug-likeness (QED) is 0.491. The van der Waals surface area contributed by atoms with E-state index in [1.54, 1.807) is 0 Å². The first-order valence-corrected chi connectivity index (χ1v) is 4.95. The van der Waals surface area contributed by atoms with Crippen LogP contribution in [0.3, 0.4) is 0 Å². The van der Waals surface area contributed by atoms with Crippen LogP contribution in [0.4, 0.5) is 0 Å². The van der Waals surface area contributed by atoms with Crippen LogP contribution in [-0.2, 0) is 0 Å². The Hall–Kier alpha value is 0.180. The summed E-state index contributed by atoms with van der Waals surface area (Å²) in [5, 5.41) is 1.05. The maximum absolute atomic E-state index is 3.47. The number of nitrogens with zero attached hydrogens (tertiary/aromatic N) is 1. The third-order valence-electron chi connectivity index (χ3n) is 1.92. The monoisotopic (exact) mass is 203 g/mol. The molecule has 0 unspecified atom stereocenters. The molecule has 0 aromatic rings. The van der Waals surface area contributed by atoms with E-state index in [0.717, 1.165) is 5.33 Å². The zero-order valence-corrected chi connectivity index (χ0v) is 8.02. The highest BCUT2D eigenvalue weighted by Gasteiger charge is 2.08. The number of halogens is 1. The van der Waals surface area contributed by atoms with Gasteiger partial charge in [-0.2, -0.15) is 0 Å². The van der Waals surface area contributed by atoms with Crippen molar-refractivity contribution in [3.8, 4) is 0 Å². The first-order chi connectivity index (χ1) is 4.86. The highest BCUT2D eigenvalue weighted by molar-refractivity contribution is 9.09. The molecule has 10 heavy (non-hydrogen) atoms. The standard InChI is InChI=1S/C8H14BrN/c1-2-10-5-3-4-8(6-9)7-10/h4H,2-3,5-7H2,1H3. The first-order valence-electron chi connectivity index (χ1n) is 3.83. The normalized spacial score (nSPS) is 20.8. The van der Waals surface area contributed by atoms with E-state index in [1.165, 1.54) is 31.6 Å². The molecule has 0 N–H and O–H groups in total. The van der Waals surface area contributed by atoms with Crippen LogP contribution in [0.25, 0.3) is 0 Å². The summed E-state index contributed by atoms with van der Waals surface area (Å²) in [5.41, 5.74) is 1.54. The van der Waals surface area contributed by atoms with Crippen LogP contribution < -0.4 is 0 Å². The Morgan fingerprint density at radius 2 is 2.50 bits per heavy atom. The van der Waals surface area contributed by atoms with Gasteiger partial charge in [-0.05, 0) is 18.5 Å². The second-order valence-corrected chi connectivity index (χ2v) is 3.21. The van der Waals surface area contributed by atoms with E-state index in [-0.39, 0.29) is 0 Å².